The Morgan fingerprint density at radius 3 is 2.73 bits per heavy atom. The number of morpholine rings is 1. The van der Waals surface area contributed by atoms with E-state index in [1.54, 1.807) is 34.6 Å². The zero-order chi connectivity index (χ0) is 22.9. The Morgan fingerprint density at radius 2 is 1.97 bits per heavy atom. The van der Waals surface area contributed by atoms with Crippen molar-refractivity contribution in [1.29, 1.82) is 0 Å². The largest absolute Gasteiger partial charge is 0.378 e. The number of hydrogen-bond acceptors (Lipinski definition) is 6. The Bertz CT molecular complexity index is 1300. The summed E-state index contributed by atoms with van der Waals surface area (Å²) in [6, 6.07) is 12.3. The molecule has 1 aliphatic rings. The number of carbonyl (C=O) groups is 1. The number of rotatable bonds is 5. The number of carbonyl (C=O) groups excluding carboxylic acids is 1. The van der Waals surface area contributed by atoms with E-state index in [1.807, 2.05) is 24.4 Å². The molecule has 1 saturated heterocycles. The summed E-state index contributed by atoms with van der Waals surface area (Å²) in [5.74, 6) is 0.664. The van der Waals surface area contributed by atoms with Crippen molar-refractivity contribution >= 4 is 22.8 Å². The van der Waals surface area contributed by atoms with E-state index in [0.717, 1.165) is 35.6 Å². The highest BCUT2D eigenvalue weighted by Crippen LogP contribution is 2.29. The van der Waals surface area contributed by atoms with Crippen LogP contribution in [-0.2, 0) is 16.1 Å². The molecule has 5 rings (SSSR count). The third-order valence-electron chi connectivity index (χ3n) is 5.83. The Labute approximate surface area is 192 Å². The fourth-order valence-electron chi connectivity index (χ4n) is 3.98. The zero-order valence-electron chi connectivity index (χ0n) is 19.1. The van der Waals surface area contributed by atoms with Gasteiger partial charge in [-0.25, -0.2) is 14.6 Å². The zero-order valence-corrected chi connectivity index (χ0v) is 19.1. The van der Waals surface area contributed by atoms with Gasteiger partial charge in [-0.1, -0.05) is 23.8 Å². The van der Waals surface area contributed by atoms with Crippen molar-refractivity contribution in [2.24, 2.45) is 0 Å². The Hall–Kier alpha value is -3.72. The SMILES string of the molecule is Cc1cccc(-c2ccn(-c3cc(N4CCOCC4)c4ncn(CC(=O)N(C)C)c4n3)n2)c1. The summed E-state index contributed by atoms with van der Waals surface area (Å²) in [6.07, 6.45) is 3.61. The number of pyridine rings is 1. The number of fused-ring (bicyclic) bond motifs is 1. The standard InChI is InChI=1S/C24H27N7O2/c1-17-5-4-6-18(13-17)19-7-8-31(27-19)21-14-20(29-9-11-33-12-10-29)23-24(26-21)30(16-25-23)15-22(32)28(2)3/h4-8,13-14,16H,9-12,15H2,1-3H3. The maximum absolute atomic E-state index is 12.4. The Kier molecular flexibility index (Phi) is 5.55. The molecular formula is C24H27N7O2. The number of amides is 1. The van der Waals surface area contributed by atoms with Crippen LogP contribution in [-0.4, -0.2) is 75.5 Å². The fourth-order valence-corrected chi connectivity index (χ4v) is 3.98. The van der Waals surface area contributed by atoms with Gasteiger partial charge >= 0.3 is 0 Å². The predicted octanol–water partition coefficient (Wildman–Crippen LogP) is 2.52. The number of hydrogen-bond donors (Lipinski definition) is 0. The number of anilines is 1. The normalized spacial score (nSPS) is 14.1. The summed E-state index contributed by atoms with van der Waals surface area (Å²) in [5.41, 5.74) is 5.54. The van der Waals surface area contributed by atoms with Gasteiger partial charge in [0, 0.05) is 45.0 Å². The van der Waals surface area contributed by atoms with Crippen LogP contribution < -0.4 is 4.90 Å². The number of aromatic nitrogens is 5. The monoisotopic (exact) mass is 445 g/mol. The first-order valence-electron chi connectivity index (χ1n) is 11.0. The molecule has 1 aromatic carbocycles. The molecule has 1 fully saturated rings. The van der Waals surface area contributed by atoms with Crippen LogP contribution in [0.25, 0.3) is 28.2 Å². The lowest BCUT2D eigenvalue weighted by molar-refractivity contribution is -0.129. The van der Waals surface area contributed by atoms with E-state index in [0.29, 0.717) is 24.7 Å². The van der Waals surface area contributed by atoms with Gasteiger partial charge in [0.2, 0.25) is 5.91 Å². The molecule has 170 valence electrons. The van der Waals surface area contributed by atoms with Gasteiger partial charge in [0.25, 0.3) is 0 Å². The van der Waals surface area contributed by atoms with E-state index in [-0.39, 0.29) is 12.5 Å². The van der Waals surface area contributed by atoms with Gasteiger partial charge in [-0.15, -0.1) is 0 Å². The number of imidazole rings is 1. The third-order valence-corrected chi connectivity index (χ3v) is 5.83. The average molecular weight is 446 g/mol. The highest BCUT2D eigenvalue weighted by atomic mass is 16.5. The molecule has 0 aliphatic carbocycles. The smallest absolute Gasteiger partial charge is 0.242 e. The van der Waals surface area contributed by atoms with Gasteiger partial charge in [-0.2, -0.15) is 5.10 Å². The second kappa shape index (κ2) is 8.67. The van der Waals surface area contributed by atoms with Gasteiger partial charge in [0.15, 0.2) is 11.5 Å². The Morgan fingerprint density at radius 1 is 1.15 bits per heavy atom. The molecule has 3 aromatic heterocycles. The van der Waals surface area contributed by atoms with Crippen LogP contribution in [0, 0.1) is 6.92 Å². The van der Waals surface area contributed by atoms with E-state index in [4.69, 9.17) is 14.8 Å². The molecule has 33 heavy (non-hydrogen) atoms. The van der Waals surface area contributed by atoms with Gasteiger partial charge < -0.3 is 19.1 Å². The van der Waals surface area contributed by atoms with Crippen molar-refractivity contribution in [2.45, 2.75) is 13.5 Å². The van der Waals surface area contributed by atoms with Crippen LogP contribution in [0.1, 0.15) is 5.56 Å². The van der Waals surface area contributed by atoms with Gasteiger partial charge in [0.1, 0.15) is 12.1 Å². The minimum absolute atomic E-state index is 0.0183. The quantitative estimate of drug-likeness (QED) is 0.470. The van der Waals surface area contributed by atoms with Crippen molar-refractivity contribution in [3.05, 3.63) is 54.5 Å². The minimum atomic E-state index is -0.0183. The summed E-state index contributed by atoms with van der Waals surface area (Å²) in [5, 5.41) is 4.79. The predicted molar refractivity (Wildman–Crippen MR) is 127 cm³/mol. The highest BCUT2D eigenvalue weighted by molar-refractivity contribution is 5.89. The molecule has 0 unspecified atom stereocenters. The number of aryl methyl sites for hydroxylation is 1. The lowest BCUT2D eigenvalue weighted by Gasteiger charge is -2.29. The second-order valence-electron chi connectivity index (χ2n) is 8.45. The molecule has 4 heterocycles. The molecule has 1 aliphatic heterocycles. The molecule has 0 N–H and O–H groups in total. The minimum Gasteiger partial charge on any atom is -0.378 e. The second-order valence-corrected chi connectivity index (χ2v) is 8.45. The van der Waals surface area contributed by atoms with E-state index in [2.05, 4.69) is 35.0 Å². The molecular weight excluding hydrogens is 418 g/mol. The number of benzene rings is 1. The molecule has 0 radical (unpaired) electrons. The lowest BCUT2D eigenvalue weighted by Crippen LogP contribution is -2.36. The molecule has 0 atom stereocenters. The van der Waals surface area contributed by atoms with E-state index in [9.17, 15) is 4.79 Å². The van der Waals surface area contributed by atoms with Crippen LogP contribution in [0.15, 0.2) is 48.9 Å². The fraction of sp³-hybridized carbons (Fsp3) is 0.333. The summed E-state index contributed by atoms with van der Waals surface area (Å²) in [6.45, 7) is 5.12. The van der Waals surface area contributed by atoms with Crippen molar-refractivity contribution in [3.8, 4) is 17.1 Å². The molecule has 1 amide bonds. The first-order chi connectivity index (χ1) is 16.0. The van der Waals surface area contributed by atoms with Gasteiger partial charge in [0.05, 0.1) is 30.9 Å². The first kappa shape index (κ1) is 21.1. The number of ether oxygens (including phenoxy) is 1. The number of nitrogens with zero attached hydrogens (tertiary/aromatic N) is 7. The van der Waals surface area contributed by atoms with E-state index >= 15 is 0 Å². The third kappa shape index (κ3) is 4.19. The molecule has 4 aromatic rings. The molecule has 0 spiro atoms. The van der Waals surface area contributed by atoms with Gasteiger partial charge in [-0.3, -0.25) is 4.79 Å². The summed E-state index contributed by atoms with van der Waals surface area (Å²) < 4.78 is 9.13. The van der Waals surface area contributed by atoms with Crippen LogP contribution in [0.3, 0.4) is 0 Å². The van der Waals surface area contributed by atoms with Crippen molar-refractivity contribution < 1.29 is 9.53 Å². The van der Waals surface area contributed by atoms with Crippen molar-refractivity contribution in [1.82, 2.24) is 29.2 Å². The average Bonchev–Trinajstić information content (AvgIpc) is 3.47. The van der Waals surface area contributed by atoms with Crippen molar-refractivity contribution in [2.75, 3.05) is 45.3 Å². The maximum Gasteiger partial charge on any atom is 0.242 e. The highest BCUT2D eigenvalue weighted by Gasteiger charge is 2.21. The van der Waals surface area contributed by atoms with Crippen LogP contribution >= 0.6 is 0 Å². The molecule has 9 nitrogen and oxygen atoms in total. The summed E-state index contributed by atoms with van der Waals surface area (Å²) in [7, 11) is 3.49. The molecule has 0 bridgehead atoms. The van der Waals surface area contributed by atoms with Crippen molar-refractivity contribution in [3.63, 3.8) is 0 Å². The van der Waals surface area contributed by atoms with E-state index in [1.165, 1.54) is 5.56 Å². The summed E-state index contributed by atoms with van der Waals surface area (Å²) >= 11 is 0. The van der Waals surface area contributed by atoms with Crippen LogP contribution in [0.4, 0.5) is 5.69 Å². The van der Waals surface area contributed by atoms with E-state index < -0.39 is 0 Å². The molecule has 9 heteroatoms. The lowest BCUT2D eigenvalue weighted by atomic mass is 10.1. The van der Waals surface area contributed by atoms with Crippen LogP contribution in [0.2, 0.25) is 0 Å². The van der Waals surface area contributed by atoms with Gasteiger partial charge in [-0.05, 0) is 19.1 Å². The first-order valence-corrected chi connectivity index (χ1v) is 11.0. The number of likely N-dealkylation sites (N-methyl/N-ethyl adjacent to an activating group) is 1. The molecule has 0 saturated carbocycles. The Balaban J connectivity index is 1.60. The van der Waals surface area contributed by atoms with Crippen LogP contribution in [0.5, 0.6) is 0 Å². The topological polar surface area (TPSA) is 81.3 Å². The summed E-state index contributed by atoms with van der Waals surface area (Å²) in [4.78, 5) is 25.7. The maximum atomic E-state index is 12.4.